The van der Waals surface area contributed by atoms with Gasteiger partial charge in [-0.3, -0.25) is 4.79 Å². The molecule has 0 spiro atoms. The molecule has 3 N–H and O–H groups in total. The summed E-state index contributed by atoms with van der Waals surface area (Å²) in [5.74, 6) is 0.311. The third-order valence-corrected chi connectivity index (χ3v) is 4.74. The number of hydrogen-bond donors (Lipinski definition) is 2. The largest absolute Gasteiger partial charge is 0.483 e. The Balaban J connectivity index is 1.85. The van der Waals surface area contributed by atoms with Crippen molar-refractivity contribution in [1.82, 2.24) is 5.32 Å². The van der Waals surface area contributed by atoms with Crippen molar-refractivity contribution in [2.45, 2.75) is 18.4 Å². The molecule has 2 aromatic rings. The maximum Gasteiger partial charge on any atom is 0.258 e. The van der Waals surface area contributed by atoms with E-state index in [1.165, 1.54) is 12.1 Å². The van der Waals surface area contributed by atoms with Gasteiger partial charge in [-0.2, -0.15) is 0 Å². The molecule has 0 aliphatic rings. The molecule has 1 amide bonds. The van der Waals surface area contributed by atoms with E-state index in [-0.39, 0.29) is 24.0 Å². The SMILES string of the molecule is Cc1ccc(OCC(=O)NCc2ccc(S(N)(=O)=O)cc2)c(Br)c1. The molecule has 0 unspecified atom stereocenters. The molecule has 0 atom stereocenters. The third-order valence-electron chi connectivity index (χ3n) is 3.19. The first-order valence-corrected chi connectivity index (χ1v) is 9.37. The minimum absolute atomic E-state index is 0.0325. The molecule has 128 valence electrons. The lowest BCUT2D eigenvalue weighted by Crippen LogP contribution is -2.28. The number of carbonyl (C=O) groups excluding carboxylic acids is 1. The molecule has 0 aliphatic heterocycles. The van der Waals surface area contributed by atoms with Gasteiger partial charge in [-0.1, -0.05) is 18.2 Å². The molecule has 0 bridgehead atoms. The van der Waals surface area contributed by atoms with Gasteiger partial charge in [0.25, 0.3) is 5.91 Å². The average Bonchev–Trinajstić information content (AvgIpc) is 2.51. The number of primary sulfonamides is 1. The third kappa shape index (κ3) is 5.33. The molecular formula is C16H17BrN2O4S. The van der Waals surface area contributed by atoms with Gasteiger partial charge >= 0.3 is 0 Å². The van der Waals surface area contributed by atoms with E-state index in [2.05, 4.69) is 21.2 Å². The zero-order valence-electron chi connectivity index (χ0n) is 13.0. The molecule has 0 saturated heterocycles. The molecule has 8 heteroatoms. The van der Waals surface area contributed by atoms with Crippen LogP contribution < -0.4 is 15.2 Å². The topological polar surface area (TPSA) is 98.5 Å². The van der Waals surface area contributed by atoms with Crippen LogP contribution in [0.3, 0.4) is 0 Å². The monoisotopic (exact) mass is 412 g/mol. The Hall–Kier alpha value is -1.90. The van der Waals surface area contributed by atoms with Gasteiger partial charge in [0, 0.05) is 6.54 Å². The van der Waals surface area contributed by atoms with E-state index in [0.717, 1.165) is 15.6 Å². The smallest absolute Gasteiger partial charge is 0.258 e. The number of halogens is 1. The number of benzene rings is 2. The lowest BCUT2D eigenvalue weighted by Gasteiger charge is -2.09. The summed E-state index contributed by atoms with van der Waals surface area (Å²) in [6.45, 7) is 2.11. The van der Waals surface area contributed by atoms with Crippen molar-refractivity contribution in [1.29, 1.82) is 0 Å². The Kier molecular flexibility index (Phi) is 5.98. The van der Waals surface area contributed by atoms with Gasteiger partial charge in [-0.15, -0.1) is 0 Å². The average molecular weight is 413 g/mol. The summed E-state index contributed by atoms with van der Waals surface area (Å²) in [6, 6.07) is 11.6. The number of nitrogens with one attached hydrogen (secondary N) is 1. The van der Waals surface area contributed by atoms with Crippen molar-refractivity contribution in [3.8, 4) is 5.75 Å². The summed E-state index contributed by atoms with van der Waals surface area (Å²) in [6.07, 6.45) is 0. The quantitative estimate of drug-likeness (QED) is 0.758. The maximum atomic E-state index is 11.8. The molecule has 2 rings (SSSR count). The number of nitrogens with two attached hydrogens (primary N) is 1. The van der Waals surface area contributed by atoms with Crippen LogP contribution in [0, 0.1) is 6.92 Å². The van der Waals surface area contributed by atoms with E-state index in [9.17, 15) is 13.2 Å². The Morgan fingerprint density at radius 2 is 1.88 bits per heavy atom. The molecule has 0 aromatic heterocycles. The van der Waals surface area contributed by atoms with E-state index in [0.29, 0.717) is 5.75 Å². The lowest BCUT2D eigenvalue weighted by atomic mass is 10.2. The summed E-state index contributed by atoms with van der Waals surface area (Å²) in [7, 11) is -3.71. The van der Waals surface area contributed by atoms with Crippen molar-refractivity contribution >= 4 is 31.9 Å². The summed E-state index contributed by atoms with van der Waals surface area (Å²) in [4.78, 5) is 11.9. The Morgan fingerprint density at radius 1 is 1.21 bits per heavy atom. The van der Waals surface area contributed by atoms with Gasteiger partial charge in [0.05, 0.1) is 9.37 Å². The molecule has 0 aliphatic carbocycles. The molecule has 24 heavy (non-hydrogen) atoms. The standard InChI is InChI=1S/C16H17BrN2O4S/c1-11-2-7-15(14(17)8-11)23-10-16(20)19-9-12-3-5-13(6-4-12)24(18,21)22/h2-8H,9-10H2,1H3,(H,19,20)(H2,18,21,22). The highest BCUT2D eigenvalue weighted by Crippen LogP contribution is 2.25. The van der Waals surface area contributed by atoms with E-state index in [4.69, 9.17) is 9.88 Å². The van der Waals surface area contributed by atoms with Crippen LogP contribution in [0.25, 0.3) is 0 Å². The summed E-state index contributed by atoms with van der Waals surface area (Å²) in [5.41, 5.74) is 1.84. The van der Waals surface area contributed by atoms with E-state index in [1.807, 2.05) is 19.1 Å². The molecule has 0 fully saturated rings. The molecule has 0 saturated carbocycles. The number of aryl methyl sites for hydroxylation is 1. The first-order valence-electron chi connectivity index (χ1n) is 7.03. The highest BCUT2D eigenvalue weighted by atomic mass is 79.9. The van der Waals surface area contributed by atoms with E-state index in [1.54, 1.807) is 18.2 Å². The normalized spacial score (nSPS) is 11.1. The van der Waals surface area contributed by atoms with Crippen molar-refractivity contribution in [2.24, 2.45) is 5.14 Å². The zero-order valence-corrected chi connectivity index (χ0v) is 15.4. The van der Waals surface area contributed by atoms with E-state index < -0.39 is 10.0 Å². The van der Waals surface area contributed by atoms with Gasteiger partial charge in [0.1, 0.15) is 5.75 Å². The fourth-order valence-corrected chi connectivity index (χ4v) is 3.04. The fourth-order valence-electron chi connectivity index (χ4n) is 1.91. The number of sulfonamides is 1. The number of hydrogen-bond acceptors (Lipinski definition) is 4. The first-order chi connectivity index (χ1) is 11.3. The van der Waals surface area contributed by atoms with Crippen LogP contribution in [0.15, 0.2) is 51.8 Å². The van der Waals surface area contributed by atoms with Crippen LogP contribution in [0.5, 0.6) is 5.75 Å². The van der Waals surface area contributed by atoms with Crippen LogP contribution in [0.4, 0.5) is 0 Å². The second kappa shape index (κ2) is 7.78. The minimum atomic E-state index is -3.71. The summed E-state index contributed by atoms with van der Waals surface area (Å²) >= 11 is 3.38. The van der Waals surface area contributed by atoms with E-state index >= 15 is 0 Å². The lowest BCUT2D eigenvalue weighted by molar-refractivity contribution is -0.123. The Morgan fingerprint density at radius 3 is 2.46 bits per heavy atom. The van der Waals surface area contributed by atoms with Crippen LogP contribution in [-0.2, 0) is 21.4 Å². The predicted molar refractivity (Wildman–Crippen MR) is 94.0 cm³/mol. The van der Waals surface area contributed by atoms with Gasteiger partial charge in [-0.05, 0) is 58.2 Å². The summed E-state index contributed by atoms with van der Waals surface area (Å²) in [5, 5.41) is 7.73. The van der Waals surface area contributed by atoms with Crippen LogP contribution in [0.2, 0.25) is 0 Å². The molecule has 6 nitrogen and oxygen atoms in total. The second-order valence-corrected chi connectivity index (χ2v) is 7.60. The van der Waals surface area contributed by atoms with Crippen molar-refractivity contribution in [3.05, 3.63) is 58.1 Å². The predicted octanol–water partition coefficient (Wildman–Crippen LogP) is 2.10. The molecule has 0 heterocycles. The van der Waals surface area contributed by atoms with Crippen molar-refractivity contribution in [3.63, 3.8) is 0 Å². The van der Waals surface area contributed by atoms with Crippen molar-refractivity contribution in [2.75, 3.05) is 6.61 Å². The van der Waals surface area contributed by atoms with Gasteiger partial charge in [-0.25, -0.2) is 13.6 Å². The summed E-state index contributed by atoms with van der Waals surface area (Å²) < 4.78 is 28.6. The van der Waals surface area contributed by atoms with Gasteiger partial charge < -0.3 is 10.1 Å². The number of carbonyl (C=O) groups is 1. The Bertz CT molecular complexity index is 836. The highest BCUT2D eigenvalue weighted by Gasteiger charge is 2.08. The van der Waals surface area contributed by atoms with Crippen LogP contribution in [-0.4, -0.2) is 20.9 Å². The van der Waals surface area contributed by atoms with Gasteiger partial charge in [0.2, 0.25) is 10.0 Å². The Labute approximate surface area is 149 Å². The molecule has 2 aromatic carbocycles. The van der Waals surface area contributed by atoms with Crippen molar-refractivity contribution < 1.29 is 17.9 Å². The number of amides is 1. The molecule has 0 radical (unpaired) electrons. The minimum Gasteiger partial charge on any atom is -0.483 e. The van der Waals surface area contributed by atoms with Crippen LogP contribution >= 0.6 is 15.9 Å². The second-order valence-electron chi connectivity index (χ2n) is 5.19. The highest BCUT2D eigenvalue weighted by molar-refractivity contribution is 9.10. The zero-order chi connectivity index (χ0) is 17.7. The number of rotatable bonds is 6. The van der Waals surface area contributed by atoms with Gasteiger partial charge in [0.15, 0.2) is 6.61 Å². The molecular weight excluding hydrogens is 396 g/mol. The fraction of sp³-hybridized carbons (Fsp3) is 0.188. The maximum absolute atomic E-state index is 11.8. The first kappa shape index (κ1) is 18.4. The number of ether oxygens (including phenoxy) is 1. The van der Waals surface area contributed by atoms with Crippen LogP contribution in [0.1, 0.15) is 11.1 Å².